The lowest BCUT2D eigenvalue weighted by Gasteiger charge is -2.35. The monoisotopic (exact) mass is 447 g/mol. The molecule has 2 heterocycles. The van der Waals surface area contributed by atoms with Crippen molar-refractivity contribution in [2.45, 2.75) is 75.9 Å². The number of H-pyrrole nitrogens is 1. The summed E-state index contributed by atoms with van der Waals surface area (Å²) >= 11 is 0. The number of unbranched alkanes of at least 4 members (excludes halogenated alkanes) is 3. The topological polar surface area (TPSA) is 95.0 Å². The molecule has 2 N–H and O–H groups in total. The van der Waals surface area contributed by atoms with Crippen molar-refractivity contribution in [1.29, 1.82) is 0 Å². The summed E-state index contributed by atoms with van der Waals surface area (Å²) in [6.07, 6.45) is 9.07. The van der Waals surface area contributed by atoms with Gasteiger partial charge in [0.25, 0.3) is 0 Å². The van der Waals surface area contributed by atoms with Gasteiger partial charge in [-0.25, -0.2) is 0 Å². The zero-order valence-electron chi connectivity index (χ0n) is 18.4. The molecule has 32 heavy (non-hydrogen) atoms. The van der Waals surface area contributed by atoms with Gasteiger partial charge in [0, 0.05) is 24.9 Å². The van der Waals surface area contributed by atoms with Gasteiger partial charge in [-0.1, -0.05) is 54.5 Å². The summed E-state index contributed by atoms with van der Waals surface area (Å²) in [5.74, 6) is -2.72. The number of hydrogen-bond donors (Lipinski definition) is 2. The van der Waals surface area contributed by atoms with Crippen LogP contribution in [0.4, 0.5) is 8.78 Å². The smallest absolute Gasteiger partial charge is 0.304 e. The number of aliphatic hydroxyl groups is 1. The van der Waals surface area contributed by atoms with E-state index in [1.165, 1.54) is 24.3 Å². The van der Waals surface area contributed by atoms with E-state index in [0.717, 1.165) is 45.1 Å². The number of carbonyl (C=O) groups is 1. The van der Waals surface area contributed by atoms with Gasteiger partial charge in [-0.05, 0) is 38.7 Å². The fraction of sp³-hybridized carbons (Fsp3) is 0.565. The molecule has 0 radical (unpaired) electrons. The van der Waals surface area contributed by atoms with Gasteiger partial charge in [0.15, 0.2) is 5.82 Å². The summed E-state index contributed by atoms with van der Waals surface area (Å²) in [5.41, 5.74) is -2.61. The zero-order valence-corrected chi connectivity index (χ0v) is 18.4. The maximum absolute atomic E-state index is 14.9. The number of likely N-dealkylation sites (tertiary alicyclic amines) is 1. The van der Waals surface area contributed by atoms with E-state index in [-0.39, 0.29) is 17.5 Å². The van der Waals surface area contributed by atoms with Crippen molar-refractivity contribution in [3.63, 3.8) is 0 Å². The van der Waals surface area contributed by atoms with Gasteiger partial charge in [-0.2, -0.15) is 14.0 Å². The molecule has 3 rings (SSSR count). The molecule has 0 bridgehead atoms. The second kappa shape index (κ2) is 10.8. The largest absolute Gasteiger partial charge is 0.379 e. The van der Waals surface area contributed by atoms with E-state index >= 15 is 0 Å². The SMILES string of the molecule is C[C@@](O)(C=C[C@H]1CCCC(=O)N1CCCCCCc1nn[nH]n1)C(F)(F)c1ccccc1. The molecule has 0 spiro atoms. The zero-order chi connectivity index (χ0) is 23.0. The number of alkyl halides is 2. The van der Waals surface area contributed by atoms with Gasteiger partial charge in [-0.3, -0.25) is 4.79 Å². The summed E-state index contributed by atoms with van der Waals surface area (Å²) in [5, 5.41) is 24.4. The fourth-order valence-corrected chi connectivity index (χ4v) is 3.99. The predicted molar refractivity (Wildman–Crippen MR) is 116 cm³/mol. The highest BCUT2D eigenvalue weighted by Gasteiger charge is 2.48. The van der Waals surface area contributed by atoms with E-state index in [1.807, 2.05) is 0 Å². The Hall–Kier alpha value is -2.68. The second-order valence-corrected chi connectivity index (χ2v) is 8.49. The number of nitrogens with zero attached hydrogens (tertiary/aromatic N) is 4. The van der Waals surface area contributed by atoms with Gasteiger partial charge >= 0.3 is 5.92 Å². The lowest BCUT2D eigenvalue weighted by molar-refractivity contribution is -0.152. The first kappa shape index (κ1) is 24.0. The number of tetrazole rings is 1. The molecule has 2 aromatic rings. The van der Waals surface area contributed by atoms with Gasteiger partial charge in [0.2, 0.25) is 5.91 Å². The molecule has 0 aliphatic carbocycles. The Labute approximate surface area is 186 Å². The average Bonchev–Trinajstić information content (AvgIpc) is 3.30. The van der Waals surface area contributed by atoms with Crippen LogP contribution >= 0.6 is 0 Å². The molecule has 174 valence electrons. The second-order valence-electron chi connectivity index (χ2n) is 8.49. The van der Waals surface area contributed by atoms with Crippen LogP contribution in [-0.2, 0) is 17.1 Å². The molecule has 1 aromatic carbocycles. The minimum Gasteiger partial charge on any atom is -0.379 e. The summed E-state index contributed by atoms with van der Waals surface area (Å²) in [6.45, 7) is 1.68. The molecular weight excluding hydrogens is 416 g/mol. The Balaban J connectivity index is 1.54. The number of amides is 1. The van der Waals surface area contributed by atoms with Crippen molar-refractivity contribution in [2.24, 2.45) is 0 Å². The first-order valence-electron chi connectivity index (χ1n) is 11.2. The molecule has 0 saturated carbocycles. The van der Waals surface area contributed by atoms with Crippen LogP contribution in [0, 0.1) is 0 Å². The Morgan fingerprint density at radius 3 is 2.69 bits per heavy atom. The van der Waals surface area contributed by atoms with Crippen LogP contribution in [0.2, 0.25) is 0 Å². The van der Waals surface area contributed by atoms with Crippen LogP contribution in [0.3, 0.4) is 0 Å². The molecule has 7 nitrogen and oxygen atoms in total. The summed E-state index contributed by atoms with van der Waals surface area (Å²) in [4.78, 5) is 14.2. The lowest BCUT2D eigenvalue weighted by Crippen LogP contribution is -2.45. The standard InChI is InChI=1S/C23H31F2N5O2/c1-22(32,23(24,25)18-10-5-4-6-11-18)16-15-19-12-9-14-21(31)30(19)17-8-3-2-7-13-20-26-28-29-27-20/h4-6,10-11,15-16,19,32H,2-3,7-9,12-14,17H2,1H3,(H,26,27,28,29)/t19-,22-/m1/s1. The summed E-state index contributed by atoms with van der Waals surface area (Å²) in [7, 11) is 0. The third-order valence-corrected chi connectivity index (χ3v) is 5.96. The third kappa shape index (κ3) is 5.97. The van der Waals surface area contributed by atoms with Crippen LogP contribution < -0.4 is 0 Å². The molecule has 2 atom stereocenters. The highest BCUT2D eigenvalue weighted by Crippen LogP contribution is 2.40. The Bertz CT molecular complexity index is 872. The van der Waals surface area contributed by atoms with Gasteiger partial charge in [0.05, 0.1) is 6.04 Å². The van der Waals surface area contributed by atoms with Crippen LogP contribution in [0.5, 0.6) is 0 Å². The average molecular weight is 448 g/mol. The van der Waals surface area contributed by atoms with Crippen LogP contribution in [0.15, 0.2) is 42.5 Å². The quantitative estimate of drug-likeness (QED) is 0.404. The van der Waals surface area contributed by atoms with Crippen molar-refractivity contribution in [3.05, 3.63) is 53.9 Å². The number of rotatable bonds is 11. The minimum atomic E-state index is -3.45. The van der Waals surface area contributed by atoms with Crippen LogP contribution in [-0.4, -0.2) is 54.7 Å². The van der Waals surface area contributed by atoms with E-state index in [0.29, 0.717) is 31.6 Å². The van der Waals surface area contributed by atoms with Gasteiger partial charge in [0.1, 0.15) is 5.60 Å². The van der Waals surface area contributed by atoms with Gasteiger partial charge < -0.3 is 10.0 Å². The Kier molecular flexibility index (Phi) is 8.06. The first-order valence-corrected chi connectivity index (χ1v) is 11.2. The third-order valence-electron chi connectivity index (χ3n) is 5.96. The number of aromatic amines is 1. The van der Waals surface area contributed by atoms with Gasteiger partial charge in [-0.15, -0.1) is 10.2 Å². The highest BCUT2D eigenvalue weighted by atomic mass is 19.3. The number of aromatic nitrogens is 4. The fourth-order valence-electron chi connectivity index (χ4n) is 3.99. The number of piperidine rings is 1. The number of halogens is 2. The Morgan fingerprint density at radius 1 is 1.22 bits per heavy atom. The lowest BCUT2D eigenvalue weighted by atomic mass is 9.89. The summed E-state index contributed by atoms with van der Waals surface area (Å²) < 4.78 is 29.8. The van der Waals surface area contributed by atoms with E-state index < -0.39 is 11.5 Å². The molecule has 9 heteroatoms. The molecule has 1 aliphatic rings. The van der Waals surface area contributed by atoms with Crippen molar-refractivity contribution >= 4 is 5.91 Å². The van der Waals surface area contributed by atoms with E-state index in [2.05, 4.69) is 20.6 Å². The van der Waals surface area contributed by atoms with Crippen LogP contribution in [0.25, 0.3) is 0 Å². The molecular formula is C23H31F2N5O2. The molecule has 1 fully saturated rings. The molecule has 1 saturated heterocycles. The van der Waals surface area contributed by atoms with E-state index in [4.69, 9.17) is 0 Å². The first-order chi connectivity index (χ1) is 15.3. The molecule has 0 unspecified atom stereocenters. The minimum absolute atomic E-state index is 0.0344. The van der Waals surface area contributed by atoms with Crippen molar-refractivity contribution < 1.29 is 18.7 Å². The molecule has 1 aliphatic heterocycles. The number of carbonyl (C=O) groups excluding carboxylic acids is 1. The van der Waals surface area contributed by atoms with Crippen molar-refractivity contribution in [2.75, 3.05) is 6.54 Å². The van der Waals surface area contributed by atoms with Crippen LogP contribution in [0.1, 0.15) is 63.3 Å². The van der Waals surface area contributed by atoms with Crippen molar-refractivity contribution in [1.82, 2.24) is 25.5 Å². The number of hydrogen-bond acceptors (Lipinski definition) is 5. The number of aryl methyl sites for hydroxylation is 1. The highest BCUT2D eigenvalue weighted by molar-refractivity contribution is 5.77. The molecule has 1 aromatic heterocycles. The molecule has 1 amide bonds. The maximum atomic E-state index is 14.9. The predicted octanol–water partition coefficient (Wildman–Crippen LogP) is 3.78. The number of nitrogens with one attached hydrogen (secondary N) is 1. The number of benzene rings is 1. The Morgan fingerprint density at radius 2 is 1.97 bits per heavy atom. The maximum Gasteiger partial charge on any atom is 0.304 e. The van der Waals surface area contributed by atoms with E-state index in [9.17, 15) is 18.7 Å². The van der Waals surface area contributed by atoms with Crippen molar-refractivity contribution in [3.8, 4) is 0 Å². The van der Waals surface area contributed by atoms with E-state index in [1.54, 1.807) is 17.0 Å². The summed E-state index contributed by atoms with van der Waals surface area (Å²) in [6, 6.07) is 7.02. The normalized spacial score (nSPS) is 19.4.